The Kier molecular flexibility index (Phi) is 5.19. The van der Waals surface area contributed by atoms with Gasteiger partial charge < -0.3 is 9.64 Å². The highest BCUT2D eigenvalue weighted by Gasteiger charge is 2.34. The topological polar surface area (TPSA) is 49.9 Å². The Balaban J connectivity index is 1.59. The van der Waals surface area contributed by atoms with Crippen LogP contribution in [-0.2, 0) is 20.7 Å². The predicted octanol–water partition coefficient (Wildman–Crippen LogP) is 2.24. The van der Waals surface area contributed by atoms with Crippen LogP contribution >= 0.6 is 0 Å². The van der Waals surface area contributed by atoms with E-state index in [-0.39, 0.29) is 23.8 Å². The molecule has 0 aliphatic carbocycles. The van der Waals surface area contributed by atoms with Crippen molar-refractivity contribution in [2.24, 2.45) is 5.92 Å². The van der Waals surface area contributed by atoms with E-state index in [1.54, 1.807) is 0 Å². The van der Waals surface area contributed by atoms with E-state index in [0.717, 1.165) is 44.6 Å². The van der Waals surface area contributed by atoms with Crippen LogP contribution < -0.4 is 4.90 Å². The highest BCUT2D eigenvalue weighted by Crippen LogP contribution is 2.29. The van der Waals surface area contributed by atoms with Crippen molar-refractivity contribution in [1.82, 2.24) is 4.90 Å². The fraction of sp³-hybridized carbons (Fsp3) is 0.579. The van der Waals surface area contributed by atoms with Crippen molar-refractivity contribution in [3.63, 3.8) is 0 Å². The number of carbonyl (C=O) groups excluding carboxylic acids is 2. The van der Waals surface area contributed by atoms with E-state index in [2.05, 4.69) is 11.0 Å². The Morgan fingerprint density at radius 1 is 1.21 bits per heavy atom. The lowest BCUT2D eigenvalue weighted by atomic mass is 9.96. The first-order valence-corrected chi connectivity index (χ1v) is 8.91. The van der Waals surface area contributed by atoms with Gasteiger partial charge >= 0.3 is 5.97 Å². The van der Waals surface area contributed by atoms with Gasteiger partial charge in [0.05, 0.1) is 18.6 Å². The number of hydrogen-bond donors (Lipinski definition) is 0. The molecule has 24 heavy (non-hydrogen) atoms. The van der Waals surface area contributed by atoms with E-state index in [9.17, 15) is 9.59 Å². The number of anilines is 1. The second-order valence-corrected chi connectivity index (χ2v) is 6.61. The molecular formula is C19H26N2O3. The van der Waals surface area contributed by atoms with E-state index in [0.29, 0.717) is 6.61 Å². The first-order chi connectivity index (χ1) is 11.6. The summed E-state index contributed by atoms with van der Waals surface area (Å²) < 4.78 is 5.11. The third kappa shape index (κ3) is 3.31. The largest absolute Gasteiger partial charge is 0.466 e. The van der Waals surface area contributed by atoms with Crippen LogP contribution in [-0.4, -0.2) is 49.1 Å². The maximum atomic E-state index is 12.9. The molecule has 0 bridgehead atoms. The molecule has 0 spiro atoms. The molecule has 1 unspecified atom stereocenters. The average molecular weight is 330 g/mol. The number of esters is 1. The van der Waals surface area contributed by atoms with E-state index in [4.69, 9.17) is 4.74 Å². The minimum Gasteiger partial charge on any atom is -0.466 e. The Hall–Kier alpha value is -1.88. The molecule has 0 saturated carbocycles. The van der Waals surface area contributed by atoms with Crippen LogP contribution in [0.1, 0.15) is 32.3 Å². The lowest BCUT2D eigenvalue weighted by Gasteiger charge is -2.36. The van der Waals surface area contributed by atoms with Gasteiger partial charge in [-0.3, -0.25) is 14.5 Å². The molecule has 2 aliphatic rings. The van der Waals surface area contributed by atoms with Gasteiger partial charge in [0, 0.05) is 12.2 Å². The monoisotopic (exact) mass is 330 g/mol. The summed E-state index contributed by atoms with van der Waals surface area (Å²) in [5, 5.41) is 0. The normalized spacial score (nSPS) is 19.8. The summed E-state index contributed by atoms with van der Waals surface area (Å²) in [4.78, 5) is 28.9. The molecule has 1 atom stereocenters. The third-order valence-electron chi connectivity index (χ3n) is 5.21. The Morgan fingerprint density at radius 2 is 1.92 bits per heavy atom. The van der Waals surface area contributed by atoms with Gasteiger partial charge in [-0.05, 0) is 57.8 Å². The standard InChI is InChI=1S/C19H26N2O3/c1-3-24-19(23)16-8-11-20(12-9-16)14(2)18(22)21-13-10-15-6-4-5-7-17(15)21/h4-7,14,16H,3,8-13H2,1-2H3. The summed E-state index contributed by atoms with van der Waals surface area (Å²) >= 11 is 0. The van der Waals surface area contributed by atoms with Crippen molar-refractivity contribution < 1.29 is 14.3 Å². The second-order valence-electron chi connectivity index (χ2n) is 6.61. The van der Waals surface area contributed by atoms with Crippen LogP contribution in [0.2, 0.25) is 0 Å². The van der Waals surface area contributed by atoms with E-state index in [1.807, 2.05) is 36.9 Å². The molecule has 3 rings (SSSR count). The number of carbonyl (C=O) groups is 2. The summed E-state index contributed by atoms with van der Waals surface area (Å²) in [6.45, 7) is 6.55. The first-order valence-electron chi connectivity index (χ1n) is 8.91. The number of piperidine rings is 1. The van der Waals surface area contributed by atoms with Gasteiger partial charge in [0.25, 0.3) is 0 Å². The zero-order valence-corrected chi connectivity index (χ0v) is 14.5. The SMILES string of the molecule is CCOC(=O)C1CCN(C(C)C(=O)N2CCc3ccccc32)CC1. The smallest absolute Gasteiger partial charge is 0.309 e. The number of fused-ring (bicyclic) bond motifs is 1. The van der Waals surface area contributed by atoms with Crippen LogP contribution in [0.25, 0.3) is 0 Å². The van der Waals surface area contributed by atoms with E-state index < -0.39 is 0 Å². The van der Waals surface area contributed by atoms with Crippen molar-refractivity contribution >= 4 is 17.6 Å². The summed E-state index contributed by atoms with van der Waals surface area (Å²) in [5.74, 6) is 0.0511. The minimum absolute atomic E-state index is 0.0176. The molecule has 0 radical (unpaired) electrons. The molecule has 5 nitrogen and oxygen atoms in total. The molecule has 1 amide bonds. The maximum Gasteiger partial charge on any atom is 0.309 e. The molecule has 2 heterocycles. The lowest BCUT2D eigenvalue weighted by molar-refractivity contribution is -0.149. The fourth-order valence-corrected chi connectivity index (χ4v) is 3.73. The van der Waals surface area contributed by atoms with Gasteiger partial charge in [-0.1, -0.05) is 18.2 Å². The van der Waals surface area contributed by atoms with E-state index >= 15 is 0 Å². The number of hydrogen-bond acceptors (Lipinski definition) is 4. The number of benzene rings is 1. The molecule has 1 saturated heterocycles. The van der Waals surface area contributed by atoms with Crippen molar-refractivity contribution in [2.45, 2.75) is 39.2 Å². The molecule has 1 fully saturated rings. The molecule has 0 N–H and O–H groups in total. The van der Waals surface area contributed by atoms with Gasteiger partial charge in [-0.2, -0.15) is 0 Å². The zero-order chi connectivity index (χ0) is 17.1. The van der Waals surface area contributed by atoms with Gasteiger partial charge in [-0.15, -0.1) is 0 Å². The van der Waals surface area contributed by atoms with E-state index in [1.165, 1.54) is 5.56 Å². The van der Waals surface area contributed by atoms with Gasteiger partial charge in [0.2, 0.25) is 5.91 Å². The van der Waals surface area contributed by atoms with Gasteiger partial charge in [0.1, 0.15) is 0 Å². The summed E-state index contributed by atoms with van der Waals surface area (Å²) in [6, 6.07) is 7.98. The number of rotatable bonds is 4. The van der Waals surface area contributed by atoms with Crippen LogP contribution in [0.15, 0.2) is 24.3 Å². The fourth-order valence-electron chi connectivity index (χ4n) is 3.73. The van der Waals surface area contributed by atoms with Crippen LogP contribution in [0.3, 0.4) is 0 Å². The number of para-hydroxylation sites is 1. The van der Waals surface area contributed by atoms with Gasteiger partial charge in [-0.25, -0.2) is 0 Å². The number of ether oxygens (including phenoxy) is 1. The molecule has 1 aromatic carbocycles. The molecule has 1 aromatic rings. The Labute approximate surface area is 143 Å². The Bertz CT molecular complexity index is 608. The predicted molar refractivity (Wildman–Crippen MR) is 92.9 cm³/mol. The summed E-state index contributed by atoms with van der Waals surface area (Å²) in [7, 11) is 0. The zero-order valence-electron chi connectivity index (χ0n) is 14.5. The van der Waals surface area contributed by atoms with Crippen molar-refractivity contribution in [3.8, 4) is 0 Å². The van der Waals surface area contributed by atoms with Crippen molar-refractivity contribution in [1.29, 1.82) is 0 Å². The highest BCUT2D eigenvalue weighted by atomic mass is 16.5. The maximum absolute atomic E-state index is 12.9. The molecule has 130 valence electrons. The lowest BCUT2D eigenvalue weighted by Crippen LogP contribution is -2.50. The minimum atomic E-state index is -0.153. The number of amides is 1. The Morgan fingerprint density at radius 3 is 2.62 bits per heavy atom. The number of nitrogens with zero attached hydrogens (tertiary/aromatic N) is 2. The van der Waals surface area contributed by atoms with Crippen LogP contribution in [0.4, 0.5) is 5.69 Å². The van der Waals surface area contributed by atoms with Crippen molar-refractivity contribution in [3.05, 3.63) is 29.8 Å². The molecule has 2 aliphatic heterocycles. The van der Waals surface area contributed by atoms with Crippen LogP contribution in [0.5, 0.6) is 0 Å². The highest BCUT2D eigenvalue weighted by molar-refractivity contribution is 5.98. The molecular weight excluding hydrogens is 304 g/mol. The quantitative estimate of drug-likeness (QED) is 0.795. The third-order valence-corrected chi connectivity index (χ3v) is 5.21. The van der Waals surface area contributed by atoms with Crippen LogP contribution in [0, 0.1) is 5.92 Å². The molecule has 5 heteroatoms. The van der Waals surface area contributed by atoms with Gasteiger partial charge in [0.15, 0.2) is 0 Å². The average Bonchev–Trinajstić information content (AvgIpc) is 3.05. The first kappa shape index (κ1) is 17.0. The van der Waals surface area contributed by atoms with Crippen molar-refractivity contribution in [2.75, 3.05) is 31.1 Å². The summed E-state index contributed by atoms with van der Waals surface area (Å²) in [6.07, 6.45) is 2.47. The number of likely N-dealkylation sites (tertiary alicyclic amines) is 1. The molecule has 0 aromatic heterocycles. The summed E-state index contributed by atoms with van der Waals surface area (Å²) in [5.41, 5.74) is 2.30. The second kappa shape index (κ2) is 7.34.